The summed E-state index contributed by atoms with van der Waals surface area (Å²) in [5, 5.41) is 3.52. The van der Waals surface area contributed by atoms with Crippen LogP contribution in [-0.2, 0) is 16.4 Å². The second-order valence-electron chi connectivity index (χ2n) is 5.87. The molecular formula is C19H22Cl2N2O3S. The fraction of sp³-hybridized carbons (Fsp3) is 0.316. The highest BCUT2D eigenvalue weighted by Gasteiger charge is 2.25. The smallest absolute Gasteiger partial charge is 0.251 e. The van der Waals surface area contributed by atoms with E-state index in [4.69, 9.17) is 23.2 Å². The minimum Gasteiger partial charge on any atom is -0.352 e. The van der Waals surface area contributed by atoms with E-state index in [2.05, 4.69) is 5.32 Å². The first kappa shape index (κ1) is 21.7. The Balaban J connectivity index is 2.13. The highest BCUT2D eigenvalue weighted by Crippen LogP contribution is 2.26. The third-order valence-electron chi connectivity index (χ3n) is 4.10. The molecule has 5 nitrogen and oxygen atoms in total. The zero-order chi connectivity index (χ0) is 20.0. The maximum atomic E-state index is 12.7. The van der Waals surface area contributed by atoms with Crippen molar-refractivity contribution in [3.63, 3.8) is 0 Å². The van der Waals surface area contributed by atoms with Gasteiger partial charge in [0.1, 0.15) is 4.90 Å². The maximum Gasteiger partial charge on any atom is 0.251 e. The summed E-state index contributed by atoms with van der Waals surface area (Å²) < 4.78 is 26.7. The van der Waals surface area contributed by atoms with Crippen molar-refractivity contribution >= 4 is 39.1 Å². The molecule has 0 atom stereocenters. The Kier molecular flexibility index (Phi) is 7.68. The minimum absolute atomic E-state index is 0.0599. The van der Waals surface area contributed by atoms with Crippen LogP contribution in [-0.4, -0.2) is 38.3 Å². The van der Waals surface area contributed by atoms with E-state index in [0.717, 1.165) is 5.56 Å². The van der Waals surface area contributed by atoms with Crippen LogP contribution >= 0.6 is 23.2 Å². The Morgan fingerprint density at radius 1 is 1.07 bits per heavy atom. The van der Waals surface area contributed by atoms with Crippen LogP contribution in [0.3, 0.4) is 0 Å². The van der Waals surface area contributed by atoms with Crippen molar-refractivity contribution in [2.45, 2.75) is 25.2 Å². The Hall–Kier alpha value is -1.60. The van der Waals surface area contributed by atoms with Crippen molar-refractivity contribution in [1.29, 1.82) is 0 Å². The lowest BCUT2D eigenvalue weighted by molar-refractivity contribution is 0.0954. The summed E-state index contributed by atoms with van der Waals surface area (Å²) >= 11 is 12.0. The van der Waals surface area contributed by atoms with Crippen molar-refractivity contribution < 1.29 is 13.2 Å². The van der Waals surface area contributed by atoms with Crippen LogP contribution in [0.15, 0.2) is 47.4 Å². The van der Waals surface area contributed by atoms with Crippen LogP contribution in [0.2, 0.25) is 10.0 Å². The first-order valence-electron chi connectivity index (χ1n) is 8.62. The molecule has 0 saturated carbocycles. The second kappa shape index (κ2) is 9.55. The van der Waals surface area contributed by atoms with E-state index in [0.29, 0.717) is 31.1 Å². The van der Waals surface area contributed by atoms with E-state index >= 15 is 0 Å². The summed E-state index contributed by atoms with van der Waals surface area (Å²) in [5.74, 6) is -0.357. The van der Waals surface area contributed by atoms with E-state index in [-0.39, 0.29) is 21.4 Å². The maximum absolute atomic E-state index is 12.7. The number of hydrogen-bond donors (Lipinski definition) is 1. The van der Waals surface area contributed by atoms with E-state index in [1.54, 1.807) is 19.9 Å². The van der Waals surface area contributed by atoms with Gasteiger partial charge in [0.05, 0.1) is 5.02 Å². The molecule has 0 aliphatic carbocycles. The quantitative estimate of drug-likeness (QED) is 0.690. The summed E-state index contributed by atoms with van der Waals surface area (Å²) in [5.41, 5.74) is 1.25. The average Bonchev–Trinajstić information content (AvgIpc) is 2.62. The number of carbonyl (C=O) groups is 1. The molecule has 0 aliphatic heterocycles. The van der Waals surface area contributed by atoms with Crippen molar-refractivity contribution in [2.75, 3.05) is 19.6 Å². The molecular weight excluding hydrogens is 407 g/mol. The zero-order valence-corrected chi connectivity index (χ0v) is 17.5. The van der Waals surface area contributed by atoms with Crippen molar-refractivity contribution in [2.24, 2.45) is 0 Å². The molecule has 0 fully saturated rings. The van der Waals surface area contributed by atoms with Gasteiger partial charge in [0.15, 0.2) is 0 Å². The first-order chi connectivity index (χ1) is 12.8. The molecule has 1 N–H and O–H groups in total. The summed E-state index contributed by atoms with van der Waals surface area (Å²) in [4.78, 5) is 12.4. The molecule has 2 aromatic carbocycles. The number of nitrogens with zero attached hydrogens (tertiary/aromatic N) is 1. The standard InChI is InChI=1S/C19H22Cl2N2O3S/c1-3-23(4-2)27(25,26)18-13-15(8-9-17(18)21)19(24)22-11-10-14-6-5-7-16(20)12-14/h5-9,12-13H,3-4,10-11H2,1-2H3,(H,22,24). The van der Waals surface area contributed by atoms with Crippen LogP contribution in [0.25, 0.3) is 0 Å². The molecule has 0 bridgehead atoms. The lowest BCUT2D eigenvalue weighted by Gasteiger charge is -2.19. The van der Waals surface area contributed by atoms with Crippen LogP contribution in [0.4, 0.5) is 0 Å². The molecule has 2 aromatic rings. The summed E-state index contributed by atoms with van der Waals surface area (Å²) in [6.45, 7) is 4.55. The van der Waals surface area contributed by atoms with E-state index in [1.165, 1.54) is 22.5 Å². The number of hydrogen-bond acceptors (Lipinski definition) is 3. The van der Waals surface area contributed by atoms with Crippen LogP contribution in [0.5, 0.6) is 0 Å². The highest BCUT2D eigenvalue weighted by atomic mass is 35.5. The molecule has 0 unspecified atom stereocenters. The third-order valence-corrected chi connectivity index (χ3v) is 6.87. The van der Waals surface area contributed by atoms with Crippen LogP contribution < -0.4 is 5.32 Å². The first-order valence-corrected chi connectivity index (χ1v) is 10.8. The Morgan fingerprint density at radius 2 is 1.78 bits per heavy atom. The number of benzene rings is 2. The van der Waals surface area contributed by atoms with Gasteiger partial charge in [0.25, 0.3) is 5.91 Å². The Bertz CT molecular complexity index is 913. The summed E-state index contributed by atoms with van der Waals surface area (Å²) in [7, 11) is -3.75. The fourth-order valence-corrected chi connectivity index (χ4v) is 4.83. The van der Waals surface area contributed by atoms with Gasteiger partial charge in [-0.3, -0.25) is 4.79 Å². The van der Waals surface area contributed by atoms with Crippen molar-refractivity contribution in [1.82, 2.24) is 9.62 Å². The van der Waals surface area contributed by atoms with Crippen molar-refractivity contribution in [3.05, 3.63) is 63.6 Å². The number of nitrogens with one attached hydrogen (secondary N) is 1. The lowest BCUT2D eigenvalue weighted by atomic mass is 10.1. The van der Waals surface area contributed by atoms with Gasteiger partial charge in [-0.2, -0.15) is 4.31 Å². The highest BCUT2D eigenvalue weighted by molar-refractivity contribution is 7.89. The second-order valence-corrected chi connectivity index (χ2v) is 8.62. The average molecular weight is 429 g/mol. The van der Waals surface area contributed by atoms with E-state index in [1.807, 2.05) is 18.2 Å². The number of amides is 1. The summed E-state index contributed by atoms with van der Waals surface area (Å²) in [6, 6.07) is 11.7. The Labute approximate surface area is 170 Å². The summed E-state index contributed by atoms with van der Waals surface area (Å²) in [6.07, 6.45) is 0.616. The SMILES string of the molecule is CCN(CC)S(=O)(=O)c1cc(C(=O)NCCc2cccc(Cl)c2)ccc1Cl. The van der Waals surface area contributed by atoms with Gasteiger partial charge in [0, 0.05) is 30.2 Å². The normalized spacial score (nSPS) is 11.6. The number of rotatable bonds is 8. The molecule has 27 heavy (non-hydrogen) atoms. The van der Waals surface area contributed by atoms with Gasteiger partial charge in [0.2, 0.25) is 10.0 Å². The molecule has 8 heteroatoms. The largest absolute Gasteiger partial charge is 0.352 e. The van der Waals surface area contributed by atoms with Gasteiger partial charge < -0.3 is 5.32 Å². The van der Waals surface area contributed by atoms with Gasteiger partial charge in [-0.05, 0) is 42.3 Å². The third kappa shape index (κ3) is 5.45. The molecule has 0 radical (unpaired) electrons. The van der Waals surface area contributed by atoms with E-state index in [9.17, 15) is 13.2 Å². The minimum atomic E-state index is -3.75. The molecule has 2 rings (SSSR count). The Morgan fingerprint density at radius 3 is 2.41 bits per heavy atom. The molecule has 1 amide bonds. The van der Waals surface area contributed by atoms with E-state index < -0.39 is 10.0 Å². The zero-order valence-electron chi connectivity index (χ0n) is 15.2. The molecule has 0 aliphatic rings. The molecule has 0 spiro atoms. The topological polar surface area (TPSA) is 66.5 Å². The van der Waals surface area contributed by atoms with Crippen molar-refractivity contribution in [3.8, 4) is 0 Å². The number of carbonyl (C=O) groups excluding carboxylic acids is 1. The van der Waals surface area contributed by atoms with Gasteiger partial charge in [-0.15, -0.1) is 0 Å². The van der Waals surface area contributed by atoms with Crippen LogP contribution in [0, 0.1) is 0 Å². The van der Waals surface area contributed by atoms with Gasteiger partial charge in [-0.1, -0.05) is 49.2 Å². The van der Waals surface area contributed by atoms with Gasteiger partial charge in [-0.25, -0.2) is 8.42 Å². The molecule has 0 aromatic heterocycles. The lowest BCUT2D eigenvalue weighted by Crippen LogP contribution is -2.31. The molecule has 0 saturated heterocycles. The number of sulfonamides is 1. The molecule has 146 valence electrons. The van der Waals surface area contributed by atoms with Crippen LogP contribution in [0.1, 0.15) is 29.8 Å². The number of halogens is 2. The monoisotopic (exact) mass is 428 g/mol. The van der Waals surface area contributed by atoms with Gasteiger partial charge >= 0.3 is 0 Å². The predicted octanol–water partition coefficient (Wildman–Crippen LogP) is 4.00. The fourth-order valence-electron chi connectivity index (χ4n) is 2.66. The predicted molar refractivity (Wildman–Crippen MR) is 109 cm³/mol. The molecule has 0 heterocycles.